The van der Waals surface area contributed by atoms with Gasteiger partial charge in [-0.1, -0.05) is 29.8 Å². The third-order valence-electron chi connectivity index (χ3n) is 5.24. The van der Waals surface area contributed by atoms with Crippen molar-refractivity contribution in [2.24, 2.45) is 5.92 Å². The van der Waals surface area contributed by atoms with Crippen molar-refractivity contribution < 1.29 is 5.11 Å². The molecule has 0 spiro atoms. The Hall–Kier alpha value is -0.860. The molecule has 0 amide bonds. The summed E-state index contributed by atoms with van der Waals surface area (Å²) < 4.78 is 0. The molecule has 0 aliphatic carbocycles. The van der Waals surface area contributed by atoms with Gasteiger partial charge in [-0.3, -0.25) is 0 Å². The zero-order chi connectivity index (χ0) is 13.4. The van der Waals surface area contributed by atoms with Gasteiger partial charge in [0.2, 0.25) is 0 Å². The van der Waals surface area contributed by atoms with Gasteiger partial charge in [0, 0.05) is 12.1 Å². The molecule has 2 nitrogen and oxygen atoms in total. The third-order valence-corrected chi connectivity index (χ3v) is 5.24. The van der Waals surface area contributed by atoms with Gasteiger partial charge >= 0.3 is 0 Å². The normalized spacial score (nSPS) is 32.5. The predicted molar refractivity (Wildman–Crippen MR) is 78.2 cm³/mol. The topological polar surface area (TPSA) is 23.5 Å². The first-order chi connectivity index (χ1) is 9.13. The van der Waals surface area contributed by atoms with E-state index in [9.17, 15) is 5.11 Å². The maximum absolute atomic E-state index is 10.5. The van der Waals surface area contributed by atoms with Gasteiger partial charge in [-0.2, -0.15) is 0 Å². The van der Waals surface area contributed by atoms with E-state index >= 15 is 0 Å². The van der Waals surface area contributed by atoms with Gasteiger partial charge in [0.25, 0.3) is 0 Å². The van der Waals surface area contributed by atoms with E-state index in [0.717, 1.165) is 18.5 Å². The maximum Gasteiger partial charge on any atom is 0.0609 e. The molecule has 19 heavy (non-hydrogen) atoms. The summed E-state index contributed by atoms with van der Waals surface area (Å²) in [6, 6.07) is 10.0. The smallest absolute Gasteiger partial charge is 0.0609 e. The van der Waals surface area contributed by atoms with E-state index < -0.39 is 0 Å². The van der Waals surface area contributed by atoms with Gasteiger partial charge in [0.1, 0.15) is 0 Å². The molecule has 0 aromatic heterocycles. The number of hydrogen-bond acceptors (Lipinski definition) is 2. The highest BCUT2D eigenvalue weighted by molar-refractivity contribution is 5.22. The lowest BCUT2D eigenvalue weighted by Crippen LogP contribution is -2.43. The summed E-state index contributed by atoms with van der Waals surface area (Å²) in [6.45, 7) is 2.11. The summed E-state index contributed by atoms with van der Waals surface area (Å²) in [4.78, 5) is 2.54. The van der Waals surface area contributed by atoms with Crippen molar-refractivity contribution in [2.45, 2.75) is 57.2 Å². The van der Waals surface area contributed by atoms with E-state index in [2.05, 4.69) is 43.1 Å². The second-order valence-electron chi connectivity index (χ2n) is 6.54. The number of piperidine rings is 1. The quantitative estimate of drug-likeness (QED) is 0.902. The molecule has 1 N–H and O–H groups in total. The van der Waals surface area contributed by atoms with Gasteiger partial charge < -0.3 is 10.0 Å². The molecule has 2 bridgehead atoms. The fourth-order valence-electron chi connectivity index (χ4n) is 3.90. The zero-order valence-corrected chi connectivity index (χ0v) is 12.0. The Labute approximate surface area is 116 Å². The molecule has 1 aromatic carbocycles. The number of aliphatic hydroxyl groups is 1. The zero-order valence-electron chi connectivity index (χ0n) is 12.0. The largest absolute Gasteiger partial charge is 0.392 e. The molecule has 3 rings (SSSR count). The molecule has 104 valence electrons. The van der Waals surface area contributed by atoms with Gasteiger partial charge in [-0.25, -0.2) is 0 Å². The summed E-state index contributed by atoms with van der Waals surface area (Å²) in [6.07, 6.45) is 5.66. The monoisotopic (exact) mass is 259 g/mol. The number of fused-ring (bicyclic) bond motifs is 2. The summed E-state index contributed by atoms with van der Waals surface area (Å²) in [7, 11) is 2.25. The molecule has 2 saturated heterocycles. The summed E-state index contributed by atoms with van der Waals surface area (Å²) >= 11 is 0. The van der Waals surface area contributed by atoms with E-state index in [1.165, 1.54) is 36.8 Å². The Morgan fingerprint density at radius 1 is 1.16 bits per heavy atom. The molecular weight excluding hydrogens is 234 g/mol. The second-order valence-corrected chi connectivity index (χ2v) is 6.54. The molecule has 2 fully saturated rings. The van der Waals surface area contributed by atoms with Crippen molar-refractivity contribution in [3.63, 3.8) is 0 Å². The van der Waals surface area contributed by atoms with E-state index in [1.807, 2.05) is 0 Å². The lowest BCUT2D eigenvalue weighted by Gasteiger charge is -2.38. The first-order valence-corrected chi connectivity index (χ1v) is 7.59. The van der Waals surface area contributed by atoms with Crippen molar-refractivity contribution in [1.82, 2.24) is 4.90 Å². The first kappa shape index (κ1) is 13.1. The van der Waals surface area contributed by atoms with E-state index in [4.69, 9.17) is 0 Å². The Balaban J connectivity index is 1.62. The summed E-state index contributed by atoms with van der Waals surface area (Å²) in [5.74, 6) is 0.495. The minimum atomic E-state index is -0.167. The number of benzene rings is 1. The molecule has 0 saturated carbocycles. The highest BCUT2D eigenvalue weighted by Crippen LogP contribution is 2.39. The van der Waals surface area contributed by atoms with Crippen LogP contribution in [0.1, 0.15) is 36.8 Å². The molecular formula is C17H25NO. The van der Waals surface area contributed by atoms with Crippen LogP contribution < -0.4 is 0 Å². The molecule has 2 heterocycles. The minimum Gasteiger partial charge on any atom is -0.392 e. The van der Waals surface area contributed by atoms with Crippen LogP contribution in [0.3, 0.4) is 0 Å². The Morgan fingerprint density at radius 2 is 1.74 bits per heavy atom. The molecule has 2 heteroatoms. The maximum atomic E-state index is 10.5. The highest BCUT2D eigenvalue weighted by atomic mass is 16.3. The van der Waals surface area contributed by atoms with Crippen molar-refractivity contribution in [3.8, 4) is 0 Å². The van der Waals surface area contributed by atoms with Crippen molar-refractivity contribution in [1.29, 1.82) is 0 Å². The molecule has 2 aliphatic heterocycles. The molecule has 3 atom stereocenters. The van der Waals surface area contributed by atoms with E-state index in [0.29, 0.717) is 5.92 Å². The predicted octanol–water partition coefficient (Wildman–Crippen LogP) is 2.77. The van der Waals surface area contributed by atoms with Crippen LogP contribution in [-0.2, 0) is 6.42 Å². The lowest BCUT2D eigenvalue weighted by molar-refractivity contribution is 0.0368. The number of aryl methyl sites for hydroxylation is 1. The van der Waals surface area contributed by atoms with Crippen LogP contribution in [0.25, 0.3) is 0 Å². The Morgan fingerprint density at radius 3 is 2.32 bits per heavy atom. The average molecular weight is 259 g/mol. The van der Waals surface area contributed by atoms with Gasteiger partial charge in [-0.15, -0.1) is 0 Å². The number of aliphatic hydroxyl groups excluding tert-OH is 1. The number of rotatable bonds is 3. The van der Waals surface area contributed by atoms with Crippen molar-refractivity contribution >= 4 is 0 Å². The minimum absolute atomic E-state index is 0.167. The number of hydrogen-bond donors (Lipinski definition) is 1. The molecule has 2 aliphatic rings. The van der Waals surface area contributed by atoms with Crippen LogP contribution in [0.15, 0.2) is 24.3 Å². The van der Waals surface area contributed by atoms with Gasteiger partial charge in [0.05, 0.1) is 6.10 Å². The highest BCUT2D eigenvalue weighted by Gasteiger charge is 2.40. The van der Waals surface area contributed by atoms with Crippen LogP contribution in [0, 0.1) is 12.8 Å². The van der Waals surface area contributed by atoms with Crippen LogP contribution in [0.5, 0.6) is 0 Å². The average Bonchev–Trinajstić information content (AvgIpc) is 2.64. The lowest BCUT2D eigenvalue weighted by atomic mass is 9.84. The van der Waals surface area contributed by atoms with Gasteiger partial charge in [-0.05, 0) is 57.6 Å². The third kappa shape index (κ3) is 2.70. The van der Waals surface area contributed by atoms with E-state index in [-0.39, 0.29) is 6.10 Å². The van der Waals surface area contributed by atoms with Crippen molar-refractivity contribution in [3.05, 3.63) is 35.4 Å². The Kier molecular flexibility index (Phi) is 3.64. The Bertz CT molecular complexity index is 413. The van der Waals surface area contributed by atoms with E-state index in [1.54, 1.807) is 0 Å². The first-order valence-electron chi connectivity index (χ1n) is 7.59. The van der Waals surface area contributed by atoms with Crippen LogP contribution in [-0.4, -0.2) is 35.2 Å². The summed E-state index contributed by atoms with van der Waals surface area (Å²) in [5.41, 5.74) is 2.56. The second kappa shape index (κ2) is 5.26. The van der Waals surface area contributed by atoms with Crippen molar-refractivity contribution in [2.75, 3.05) is 7.05 Å². The fourth-order valence-corrected chi connectivity index (χ4v) is 3.90. The standard InChI is InChI=1S/C17H25NO/c1-12-3-5-13(6-4-12)9-17(19)14-10-15-7-8-16(11-14)18(15)2/h3-6,14-17,19H,7-11H2,1-2H3. The number of nitrogens with zero attached hydrogens (tertiary/aromatic N) is 1. The van der Waals surface area contributed by atoms with Crippen LogP contribution >= 0.6 is 0 Å². The van der Waals surface area contributed by atoms with Gasteiger partial charge in [0.15, 0.2) is 0 Å². The SMILES string of the molecule is Cc1ccc(CC(O)C2CC3CCC(C2)N3C)cc1. The molecule has 1 aromatic rings. The fraction of sp³-hybridized carbons (Fsp3) is 0.647. The van der Waals surface area contributed by atoms with Crippen LogP contribution in [0.2, 0.25) is 0 Å². The molecule has 0 radical (unpaired) electrons. The molecule has 3 unspecified atom stereocenters. The van der Waals surface area contributed by atoms with Crippen LogP contribution in [0.4, 0.5) is 0 Å². The summed E-state index contributed by atoms with van der Waals surface area (Å²) in [5, 5.41) is 10.5.